The molecule has 2 heterocycles. The van der Waals surface area contributed by atoms with E-state index < -0.39 is 0 Å². The third-order valence-corrected chi connectivity index (χ3v) is 2.80. The summed E-state index contributed by atoms with van der Waals surface area (Å²) in [5.74, 6) is 1.73. The first kappa shape index (κ1) is 10.4. The van der Waals surface area contributed by atoms with Gasteiger partial charge in [-0.3, -0.25) is 5.10 Å². The van der Waals surface area contributed by atoms with E-state index in [2.05, 4.69) is 20.1 Å². The van der Waals surface area contributed by atoms with Crippen molar-refractivity contribution in [1.82, 2.24) is 15.2 Å². The number of aromatic amines is 1. The fraction of sp³-hybridized carbons (Fsp3) is 0.778. The van der Waals surface area contributed by atoms with E-state index in [1.807, 2.05) is 0 Å². The van der Waals surface area contributed by atoms with Gasteiger partial charge in [0.2, 0.25) is 5.95 Å². The number of piperidine rings is 1. The van der Waals surface area contributed by atoms with Gasteiger partial charge in [0.05, 0.1) is 0 Å². The standard InChI is InChI=1S/C9H17N5O/c10-4-7-2-1-3-14(5-7)9-11-8(6-15)12-13-9/h7,15H,1-6,10H2,(H,11,12,13). The van der Waals surface area contributed by atoms with E-state index in [0.717, 1.165) is 19.5 Å². The number of hydrogen-bond donors (Lipinski definition) is 3. The van der Waals surface area contributed by atoms with Gasteiger partial charge in [-0.15, -0.1) is 5.10 Å². The van der Waals surface area contributed by atoms with Gasteiger partial charge >= 0.3 is 0 Å². The molecule has 1 unspecified atom stereocenters. The Balaban J connectivity index is 2.03. The molecular weight excluding hydrogens is 194 g/mol. The zero-order chi connectivity index (χ0) is 10.7. The van der Waals surface area contributed by atoms with Gasteiger partial charge < -0.3 is 15.7 Å². The molecule has 1 atom stereocenters. The fourth-order valence-electron chi connectivity index (χ4n) is 1.94. The molecule has 1 aliphatic rings. The molecular formula is C9H17N5O. The van der Waals surface area contributed by atoms with Crippen molar-refractivity contribution in [2.45, 2.75) is 19.4 Å². The molecule has 1 aromatic rings. The van der Waals surface area contributed by atoms with Crippen molar-refractivity contribution in [3.63, 3.8) is 0 Å². The van der Waals surface area contributed by atoms with Gasteiger partial charge in [0.25, 0.3) is 0 Å². The Morgan fingerprint density at radius 2 is 2.47 bits per heavy atom. The number of aliphatic hydroxyl groups excluding tert-OH is 1. The van der Waals surface area contributed by atoms with Crippen LogP contribution in [0.25, 0.3) is 0 Å². The first-order valence-corrected chi connectivity index (χ1v) is 5.30. The SMILES string of the molecule is NCC1CCCN(c2n[nH]c(CO)n2)C1. The van der Waals surface area contributed by atoms with Crippen molar-refractivity contribution < 1.29 is 5.11 Å². The second kappa shape index (κ2) is 4.59. The second-order valence-corrected chi connectivity index (χ2v) is 3.93. The normalized spacial score (nSPS) is 22.0. The molecule has 2 rings (SSSR count). The fourth-order valence-corrected chi connectivity index (χ4v) is 1.94. The molecule has 4 N–H and O–H groups in total. The zero-order valence-electron chi connectivity index (χ0n) is 8.69. The van der Waals surface area contributed by atoms with Crippen LogP contribution in [0.5, 0.6) is 0 Å². The van der Waals surface area contributed by atoms with Crippen LogP contribution in [0.2, 0.25) is 0 Å². The van der Waals surface area contributed by atoms with Gasteiger partial charge in [0.15, 0.2) is 5.82 Å². The summed E-state index contributed by atoms with van der Waals surface area (Å²) < 4.78 is 0. The molecule has 0 aliphatic carbocycles. The van der Waals surface area contributed by atoms with Crippen molar-refractivity contribution in [1.29, 1.82) is 0 Å². The van der Waals surface area contributed by atoms with Gasteiger partial charge in [0, 0.05) is 13.1 Å². The number of rotatable bonds is 3. The van der Waals surface area contributed by atoms with E-state index in [1.54, 1.807) is 0 Å². The van der Waals surface area contributed by atoms with Gasteiger partial charge in [0.1, 0.15) is 6.61 Å². The molecule has 0 aromatic carbocycles. The quantitative estimate of drug-likeness (QED) is 0.625. The Kier molecular flexibility index (Phi) is 3.17. The maximum absolute atomic E-state index is 8.88. The minimum absolute atomic E-state index is 0.0961. The van der Waals surface area contributed by atoms with Crippen molar-refractivity contribution in [3.05, 3.63) is 5.82 Å². The van der Waals surface area contributed by atoms with E-state index in [-0.39, 0.29) is 6.61 Å². The minimum atomic E-state index is -0.0961. The van der Waals surface area contributed by atoms with Crippen LogP contribution in [0.3, 0.4) is 0 Å². The molecule has 0 amide bonds. The second-order valence-electron chi connectivity index (χ2n) is 3.93. The monoisotopic (exact) mass is 211 g/mol. The van der Waals surface area contributed by atoms with Crippen LogP contribution in [0, 0.1) is 5.92 Å². The molecule has 1 aliphatic heterocycles. The Hall–Kier alpha value is -1.14. The number of H-pyrrole nitrogens is 1. The summed E-state index contributed by atoms with van der Waals surface area (Å²) in [5.41, 5.74) is 5.66. The van der Waals surface area contributed by atoms with Crippen molar-refractivity contribution >= 4 is 5.95 Å². The summed E-state index contributed by atoms with van der Waals surface area (Å²) in [6.07, 6.45) is 2.31. The van der Waals surface area contributed by atoms with E-state index in [9.17, 15) is 0 Å². The predicted molar refractivity (Wildman–Crippen MR) is 56.3 cm³/mol. The lowest BCUT2D eigenvalue weighted by Gasteiger charge is -2.31. The van der Waals surface area contributed by atoms with Gasteiger partial charge in [-0.1, -0.05) is 0 Å². The molecule has 0 saturated carbocycles. The number of nitrogens with one attached hydrogen (secondary N) is 1. The Labute approximate surface area is 88.5 Å². The summed E-state index contributed by atoms with van der Waals surface area (Å²) in [7, 11) is 0. The van der Waals surface area contributed by atoms with Crippen LogP contribution in [-0.4, -0.2) is 39.9 Å². The zero-order valence-corrected chi connectivity index (χ0v) is 8.69. The lowest BCUT2D eigenvalue weighted by Crippen LogP contribution is -2.38. The molecule has 84 valence electrons. The molecule has 6 nitrogen and oxygen atoms in total. The number of aromatic nitrogens is 3. The van der Waals surface area contributed by atoms with Crippen LogP contribution < -0.4 is 10.6 Å². The predicted octanol–water partition coefficient (Wildman–Crippen LogP) is -0.528. The molecule has 0 radical (unpaired) electrons. The van der Waals surface area contributed by atoms with Crippen LogP contribution in [-0.2, 0) is 6.61 Å². The van der Waals surface area contributed by atoms with Gasteiger partial charge in [-0.05, 0) is 25.3 Å². The van der Waals surface area contributed by atoms with Crippen LogP contribution in [0.1, 0.15) is 18.7 Å². The lowest BCUT2D eigenvalue weighted by molar-refractivity contribution is 0.272. The van der Waals surface area contributed by atoms with Crippen molar-refractivity contribution in [2.75, 3.05) is 24.5 Å². The van der Waals surface area contributed by atoms with Gasteiger partial charge in [-0.2, -0.15) is 4.98 Å². The molecule has 1 saturated heterocycles. The maximum Gasteiger partial charge on any atom is 0.244 e. The van der Waals surface area contributed by atoms with Crippen LogP contribution >= 0.6 is 0 Å². The highest BCUT2D eigenvalue weighted by atomic mass is 16.3. The number of nitrogens with zero attached hydrogens (tertiary/aromatic N) is 3. The number of nitrogens with two attached hydrogens (primary N) is 1. The first-order valence-electron chi connectivity index (χ1n) is 5.30. The van der Waals surface area contributed by atoms with Crippen molar-refractivity contribution in [3.8, 4) is 0 Å². The third kappa shape index (κ3) is 2.27. The molecule has 1 fully saturated rings. The van der Waals surface area contributed by atoms with E-state index >= 15 is 0 Å². The summed E-state index contributed by atoms with van der Waals surface area (Å²) >= 11 is 0. The maximum atomic E-state index is 8.88. The Morgan fingerprint density at radius 3 is 3.13 bits per heavy atom. The average Bonchev–Trinajstić information content (AvgIpc) is 2.78. The molecule has 1 aromatic heterocycles. The highest BCUT2D eigenvalue weighted by Gasteiger charge is 2.21. The summed E-state index contributed by atoms with van der Waals surface area (Å²) in [4.78, 5) is 6.31. The molecule has 0 spiro atoms. The highest BCUT2D eigenvalue weighted by Crippen LogP contribution is 2.19. The third-order valence-electron chi connectivity index (χ3n) is 2.80. The highest BCUT2D eigenvalue weighted by molar-refractivity contribution is 5.29. The van der Waals surface area contributed by atoms with E-state index in [1.165, 1.54) is 6.42 Å². The van der Waals surface area contributed by atoms with E-state index in [0.29, 0.717) is 24.2 Å². The molecule has 0 bridgehead atoms. The summed E-state index contributed by atoms with van der Waals surface area (Å²) in [6.45, 7) is 2.51. The Bertz CT molecular complexity index is 313. The van der Waals surface area contributed by atoms with E-state index in [4.69, 9.17) is 10.8 Å². The summed E-state index contributed by atoms with van der Waals surface area (Å²) in [5, 5.41) is 15.6. The number of aliphatic hydroxyl groups is 1. The lowest BCUT2D eigenvalue weighted by atomic mass is 9.99. The van der Waals surface area contributed by atoms with Gasteiger partial charge in [-0.25, -0.2) is 0 Å². The average molecular weight is 211 g/mol. The smallest absolute Gasteiger partial charge is 0.244 e. The summed E-state index contributed by atoms with van der Waals surface area (Å²) in [6, 6.07) is 0. The number of hydrogen-bond acceptors (Lipinski definition) is 5. The van der Waals surface area contributed by atoms with Crippen LogP contribution in [0.15, 0.2) is 0 Å². The molecule has 6 heteroatoms. The largest absolute Gasteiger partial charge is 0.388 e. The number of anilines is 1. The Morgan fingerprint density at radius 1 is 1.60 bits per heavy atom. The topological polar surface area (TPSA) is 91.1 Å². The van der Waals surface area contributed by atoms with Crippen molar-refractivity contribution in [2.24, 2.45) is 11.7 Å². The minimum Gasteiger partial charge on any atom is -0.388 e. The molecule has 15 heavy (non-hydrogen) atoms. The first-order chi connectivity index (χ1) is 7.33. The van der Waals surface area contributed by atoms with Crippen LogP contribution in [0.4, 0.5) is 5.95 Å².